The molecule has 5 nitrogen and oxygen atoms in total. The van der Waals surface area contributed by atoms with Gasteiger partial charge in [-0.2, -0.15) is 0 Å². The smallest absolute Gasteiger partial charge is 0.311 e. The fourth-order valence-electron chi connectivity index (χ4n) is 3.23. The normalized spacial score (nSPS) is 19.5. The molecule has 1 heterocycles. The van der Waals surface area contributed by atoms with Gasteiger partial charge in [0.1, 0.15) is 5.75 Å². The lowest BCUT2D eigenvalue weighted by Crippen LogP contribution is -2.44. The van der Waals surface area contributed by atoms with Gasteiger partial charge in [-0.05, 0) is 49.2 Å². The number of hydrogen-bond acceptors (Lipinski definition) is 3. The predicted molar refractivity (Wildman–Crippen MR) is 90.7 cm³/mol. The second-order valence-electron chi connectivity index (χ2n) is 5.94. The van der Waals surface area contributed by atoms with E-state index in [1.165, 1.54) is 0 Å². The summed E-state index contributed by atoms with van der Waals surface area (Å²) >= 11 is 0. The number of hydrogen-bond donors (Lipinski definition) is 1. The van der Waals surface area contributed by atoms with Gasteiger partial charge in [0.2, 0.25) is 0 Å². The van der Waals surface area contributed by atoms with Gasteiger partial charge in [0.05, 0.1) is 13.0 Å². The molecular formula is C19H19NO4. The fraction of sp³-hybridized carbons (Fsp3) is 0.263. The number of nitrogens with zero attached hydrogens (tertiary/aromatic N) is 1. The molecule has 0 aliphatic carbocycles. The summed E-state index contributed by atoms with van der Waals surface area (Å²) in [5.41, 5.74) is 1.90. The number of carboxylic acids is 1. The van der Waals surface area contributed by atoms with Crippen molar-refractivity contribution in [3.05, 3.63) is 59.7 Å². The number of ether oxygens (including phenoxy) is 1. The van der Waals surface area contributed by atoms with Crippen molar-refractivity contribution >= 4 is 17.6 Å². The van der Waals surface area contributed by atoms with Crippen molar-refractivity contribution in [1.82, 2.24) is 0 Å². The van der Waals surface area contributed by atoms with Crippen LogP contribution in [0.2, 0.25) is 0 Å². The van der Waals surface area contributed by atoms with Crippen LogP contribution in [0.25, 0.3) is 0 Å². The van der Waals surface area contributed by atoms with E-state index in [9.17, 15) is 14.7 Å². The maximum absolute atomic E-state index is 13.0. The van der Waals surface area contributed by atoms with Crippen molar-refractivity contribution in [3.8, 4) is 5.75 Å². The Hall–Kier alpha value is -2.82. The van der Waals surface area contributed by atoms with Crippen LogP contribution in [0.5, 0.6) is 5.75 Å². The highest BCUT2D eigenvalue weighted by Crippen LogP contribution is 2.39. The molecule has 0 fully saturated rings. The minimum atomic E-state index is -0.856. The zero-order valence-electron chi connectivity index (χ0n) is 13.6. The first kappa shape index (κ1) is 16.1. The zero-order chi connectivity index (χ0) is 17.3. The molecule has 0 unspecified atom stereocenters. The van der Waals surface area contributed by atoms with Gasteiger partial charge >= 0.3 is 5.97 Å². The molecule has 2 aromatic carbocycles. The van der Waals surface area contributed by atoms with Crippen molar-refractivity contribution < 1.29 is 19.4 Å². The second kappa shape index (κ2) is 6.35. The highest BCUT2D eigenvalue weighted by atomic mass is 16.5. The van der Waals surface area contributed by atoms with Crippen LogP contribution in [0.1, 0.15) is 35.2 Å². The number of anilines is 1. The van der Waals surface area contributed by atoms with Gasteiger partial charge < -0.3 is 14.7 Å². The first-order valence-corrected chi connectivity index (χ1v) is 7.82. The van der Waals surface area contributed by atoms with E-state index < -0.39 is 11.9 Å². The summed E-state index contributed by atoms with van der Waals surface area (Å²) in [7, 11) is 1.58. The van der Waals surface area contributed by atoms with Crippen molar-refractivity contribution in [2.24, 2.45) is 0 Å². The highest BCUT2D eigenvalue weighted by molar-refractivity contribution is 6.07. The van der Waals surface area contributed by atoms with E-state index in [1.54, 1.807) is 48.4 Å². The molecule has 5 heteroatoms. The minimum Gasteiger partial charge on any atom is -0.497 e. The Morgan fingerprint density at radius 3 is 2.42 bits per heavy atom. The average Bonchev–Trinajstić information content (AvgIpc) is 2.60. The molecule has 0 radical (unpaired) electrons. The van der Waals surface area contributed by atoms with Crippen LogP contribution in [-0.2, 0) is 4.79 Å². The predicted octanol–water partition coefficient (Wildman–Crippen LogP) is 3.30. The van der Waals surface area contributed by atoms with Crippen LogP contribution in [0.3, 0.4) is 0 Å². The summed E-state index contributed by atoms with van der Waals surface area (Å²) in [6.45, 7) is 1.88. The Morgan fingerprint density at radius 2 is 1.79 bits per heavy atom. The van der Waals surface area contributed by atoms with E-state index in [-0.39, 0.29) is 11.9 Å². The Morgan fingerprint density at radius 1 is 1.12 bits per heavy atom. The SMILES string of the molecule is COc1ccc(C(=O)N2c3ccccc3[C@H](C(=O)O)C[C@@H]2C)cc1. The number of carbonyl (C=O) groups is 2. The molecular weight excluding hydrogens is 306 g/mol. The Balaban J connectivity index is 2.01. The first-order chi connectivity index (χ1) is 11.5. The van der Waals surface area contributed by atoms with Gasteiger partial charge in [0.15, 0.2) is 0 Å². The third kappa shape index (κ3) is 2.73. The standard InChI is InChI=1S/C19H19NO4/c1-12-11-16(19(22)23)15-5-3-4-6-17(15)20(12)18(21)13-7-9-14(24-2)10-8-13/h3-10,12,16H,11H2,1-2H3,(H,22,23)/t12-,16+/m0/s1. The number of para-hydroxylation sites is 1. The van der Waals surface area contributed by atoms with E-state index in [4.69, 9.17) is 4.74 Å². The van der Waals surface area contributed by atoms with E-state index in [2.05, 4.69) is 0 Å². The topological polar surface area (TPSA) is 66.8 Å². The lowest BCUT2D eigenvalue weighted by Gasteiger charge is -2.38. The third-order valence-electron chi connectivity index (χ3n) is 4.44. The number of benzene rings is 2. The van der Waals surface area contributed by atoms with Crippen molar-refractivity contribution in [1.29, 1.82) is 0 Å². The van der Waals surface area contributed by atoms with Crippen molar-refractivity contribution in [2.45, 2.75) is 25.3 Å². The number of methoxy groups -OCH3 is 1. The van der Waals surface area contributed by atoms with Crippen molar-refractivity contribution in [2.75, 3.05) is 12.0 Å². The fourth-order valence-corrected chi connectivity index (χ4v) is 3.23. The van der Waals surface area contributed by atoms with Crippen molar-refractivity contribution in [3.63, 3.8) is 0 Å². The molecule has 0 saturated carbocycles. The molecule has 1 aliphatic rings. The minimum absolute atomic E-state index is 0.138. The Kier molecular flexibility index (Phi) is 4.25. The van der Waals surface area contributed by atoms with Gasteiger partial charge in [-0.3, -0.25) is 9.59 Å². The molecule has 2 atom stereocenters. The van der Waals surface area contributed by atoms with Crippen LogP contribution >= 0.6 is 0 Å². The summed E-state index contributed by atoms with van der Waals surface area (Å²) < 4.78 is 5.12. The number of carboxylic acid groups (broad SMARTS) is 1. The molecule has 2 aromatic rings. The van der Waals surface area contributed by atoms with E-state index in [0.717, 1.165) is 0 Å². The summed E-state index contributed by atoms with van der Waals surface area (Å²) in [6.07, 6.45) is 0.397. The third-order valence-corrected chi connectivity index (χ3v) is 4.44. The zero-order valence-corrected chi connectivity index (χ0v) is 13.6. The van der Waals surface area contributed by atoms with E-state index in [0.29, 0.717) is 29.0 Å². The first-order valence-electron chi connectivity index (χ1n) is 7.82. The summed E-state index contributed by atoms with van der Waals surface area (Å²) in [6, 6.07) is 14.0. The molecule has 1 N–H and O–H groups in total. The average molecular weight is 325 g/mol. The van der Waals surface area contributed by atoms with Gasteiger partial charge in [-0.1, -0.05) is 18.2 Å². The Bertz CT molecular complexity index is 769. The quantitative estimate of drug-likeness (QED) is 0.940. The molecule has 0 saturated heterocycles. The maximum atomic E-state index is 13.0. The summed E-state index contributed by atoms with van der Waals surface area (Å²) in [5.74, 6) is -0.895. The number of amides is 1. The lowest BCUT2D eigenvalue weighted by atomic mass is 9.85. The van der Waals surface area contributed by atoms with Crippen LogP contribution in [0.4, 0.5) is 5.69 Å². The number of rotatable bonds is 3. The largest absolute Gasteiger partial charge is 0.497 e. The monoisotopic (exact) mass is 325 g/mol. The molecule has 1 amide bonds. The molecule has 1 aliphatic heterocycles. The highest BCUT2D eigenvalue weighted by Gasteiger charge is 2.37. The number of fused-ring (bicyclic) bond motifs is 1. The molecule has 124 valence electrons. The van der Waals surface area contributed by atoms with Crippen LogP contribution in [0, 0.1) is 0 Å². The van der Waals surface area contributed by atoms with Crippen LogP contribution < -0.4 is 9.64 Å². The summed E-state index contributed by atoms with van der Waals surface area (Å²) in [4.78, 5) is 26.2. The second-order valence-corrected chi connectivity index (χ2v) is 5.94. The maximum Gasteiger partial charge on any atom is 0.311 e. The number of carbonyl (C=O) groups excluding carboxylic acids is 1. The van der Waals surface area contributed by atoms with Crippen LogP contribution in [-0.4, -0.2) is 30.1 Å². The lowest BCUT2D eigenvalue weighted by molar-refractivity contribution is -0.139. The molecule has 3 rings (SSSR count). The van der Waals surface area contributed by atoms with Gasteiger partial charge in [0, 0.05) is 17.3 Å². The van der Waals surface area contributed by atoms with E-state index in [1.807, 2.05) is 19.1 Å². The van der Waals surface area contributed by atoms with Gasteiger partial charge in [-0.15, -0.1) is 0 Å². The Labute approximate surface area is 140 Å². The van der Waals surface area contributed by atoms with E-state index >= 15 is 0 Å². The van der Waals surface area contributed by atoms with Crippen LogP contribution in [0.15, 0.2) is 48.5 Å². The molecule has 0 aromatic heterocycles. The number of aliphatic carboxylic acids is 1. The molecule has 0 spiro atoms. The molecule has 24 heavy (non-hydrogen) atoms. The summed E-state index contributed by atoms with van der Waals surface area (Å²) in [5, 5.41) is 9.49. The van der Waals surface area contributed by atoms with Gasteiger partial charge in [-0.25, -0.2) is 0 Å². The van der Waals surface area contributed by atoms with Gasteiger partial charge in [0.25, 0.3) is 5.91 Å². The molecule has 0 bridgehead atoms.